The van der Waals surface area contributed by atoms with E-state index in [1.54, 1.807) is 14.0 Å². The molecule has 6 nitrogen and oxygen atoms in total. The van der Waals surface area contributed by atoms with Crippen LogP contribution in [0, 0.1) is 6.92 Å². The van der Waals surface area contributed by atoms with Gasteiger partial charge in [-0.3, -0.25) is 5.10 Å². The summed E-state index contributed by atoms with van der Waals surface area (Å²) in [5, 5.41) is 9.79. The highest BCUT2D eigenvalue weighted by Crippen LogP contribution is 2.22. The van der Waals surface area contributed by atoms with Crippen LogP contribution < -0.4 is 10.0 Å². The van der Waals surface area contributed by atoms with Crippen molar-refractivity contribution in [1.29, 1.82) is 0 Å². The van der Waals surface area contributed by atoms with Crippen LogP contribution in [0.3, 0.4) is 0 Å². The normalized spacial score (nSPS) is 18.1. The minimum atomic E-state index is -3.50. The molecule has 3 N–H and O–H groups in total. The topological polar surface area (TPSA) is 86.9 Å². The molecule has 20 heavy (non-hydrogen) atoms. The van der Waals surface area contributed by atoms with Gasteiger partial charge in [0.2, 0.25) is 10.0 Å². The summed E-state index contributed by atoms with van der Waals surface area (Å²) in [6, 6.07) is 0.0548. The molecule has 0 bridgehead atoms. The Bertz CT molecular complexity index is 531. The Morgan fingerprint density at radius 1 is 1.25 bits per heavy atom. The number of rotatable bonds is 5. The SMILES string of the molecule is CNCc1n[nH]c(C)c1S(=O)(=O)NC1CCCCCC1. The Kier molecular flexibility index (Phi) is 5.17. The molecule has 1 aliphatic carbocycles. The van der Waals surface area contributed by atoms with E-state index in [2.05, 4.69) is 20.2 Å². The number of hydrogen-bond acceptors (Lipinski definition) is 4. The lowest BCUT2D eigenvalue weighted by molar-refractivity contribution is 0.509. The maximum Gasteiger partial charge on any atom is 0.244 e. The zero-order valence-corrected chi connectivity index (χ0v) is 13.0. The lowest BCUT2D eigenvalue weighted by Gasteiger charge is -2.16. The van der Waals surface area contributed by atoms with Gasteiger partial charge in [-0.2, -0.15) is 5.10 Å². The van der Waals surface area contributed by atoms with Crippen LogP contribution in [0.4, 0.5) is 0 Å². The van der Waals surface area contributed by atoms with Crippen molar-refractivity contribution in [3.63, 3.8) is 0 Å². The van der Waals surface area contributed by atoms with E-state index in [1.807, 2.05) is 0 Å². The first-order valence-electron chi connectivity index (χ1n) is 7.25. The molecule has 1 saturated carbocycles. The highest BCUT2D eigenvalue weighted by atomic mass is 32.2. The van der Waals surface area contributed by atoms with Gasteiger partial charge in [0.25, 0.3) is 0 Å². The largest absolute Gasteiger partial charge is 0.314 e. The molecule has 0 amide bonds. The molecule has 114 valence electrons. The number of nitrogens with zero attached hydrogens (tertiary/aromatic N) is 1. The van der Waals surface area contributed by atoms with Gasteiger partial charge in [0, 0.05) is 12.6 Å². The van der Waals surface area contributed by atoms with Crippen LogP contribution in [0.25, 0.3) is 0 Å². The van der Waals surface area contributed by atoms with Crippen molar-refractivity contribution in [2.45, 2.75) is 62.9 Å². The summed E-state index contributed by atoms with van der Waals surface area (Å²) in [5.41, 5.74) is 1.14. The third-order valence-corrected chi connectivity index (χ3v) is 5.47. The second kappa shape index (κ2) is 6.69. The van der Waals surface area contributed by atoms with Crippen LogP contribution in [0.5, 0.6) is 0 Å². The molecule has 0 aromatic carbocycles. The lowest BCUT2D eigenvalue weighted by Crippen LogP contribution is -2.35. The fraction of sp³-hybridized carbons (Fsp3) is 0.769. The summed E-state index contributed by atoms with van der Waals surface area (Å²) < 4.78 is 28.0. The van der Waals surface area contributed by atoms with Crippen molar-refractivity contribution in [3.8, 4) is 0 Å². The Morgan fingerprint density at radius 2 is 1.90 bits per heavy atom. The quantitative estimate of drug-likeness (QED) is 0.718. The zero-order valence-electron chi connectivity index (χ0n) is 12.2. The van der Waals surface area contributed by atoms with Crippen molar-refractivity contribution < 1.29 is 8.42 Å². The molecule has 0 radical (unpaired) electrons. The first kappa shape index (κ1) is 15.5. The second-order valence-electron chi connectivity index (χ2n) is 5.46. The number of sulfonamides is 1. The molecule has 2 rings (SSSR count). The molecule has 0 atom stereocenters. The summed E-state index contributed by atoms with van der Waals surface area (Å²) in [6.07, 6.45) is 6.46. The monoisotopic (exact) mass is 300 g/mol. The van der Waals surface area contributed by atoms with Gasteiger partial charge >= 0.3 is 0 Å². The van der Waals surface area contributed by atoms with Crippen LogP contribution in [-0.2, 0) is 16.6 Å². The summed E-state index contributed by atoms with van der Waals surface area (Å²) in [5.74, 6) is 0. The van der Waals surface area contributed by atoms with E-state index in [1.165, 1.54) is 12.8 Å². The first-order valence-corrected chi connectivity index (χ1v) is 8.73. The van der Waals surface area contributed by atoms with Crippen molar-refractivity contribution in [1.82, 2.24) is 20.2 Å². The summed E-state index contributed by atoms with van der Waals surface area (Å²) in [6.45, 7) is 2.18. The molecule has 0 spiro atoms. The second-order valence-corrected chi connectivity index (χ2v) is 7.12. The maximum atomic E-state index is 12.6. The Morgan fingerprint density at radius 3 is 2.50 bits per heavy atom. The molecule has 1 aliphatic rings. The summed E-state index contributed by atoms with van der Waals surface area (Å²) in [7, 11) is -1.72. The molecule has 0 aliphatic heterocycles. The van der Waals surface area contributed by atoms with E-state index in [9.17, 15) is 8.42 Å². The first-order chi connectivity index (χ1) is 9.54. The third kappa shape index (κ3) is 3.59. The van der Waals surface area contributed by atoms with E-state index < -0.39 is 10.0 Å². The number of H-pyrrole nitrogens is 1. The van der Waals surface area contributed by atoms with Crippen molar-refractivity contribution in [2.75, 3.05) is 7.05 Å². The Labute approximate surface area is 120 Å². The average molecular weight is 300 g/mol. The molecule has 1 heterocycles. The zero-order chi connectivity index (χ0) is 14.6. The van der Waals surface area contributed by atoms with E-state index >= 15 is 0 Å². The predicted molar refractivity (Wildman–Crippen MR) is 77.9 cm³/mol. The number of aryl methyl sites for hydroxylation is 1. The minimum Gasteiger partial charge on any atom is -0.314 e. The maximum absolute atomic E-state index is 12.6. The molecule has 0 saturated heterocycles. The van der Waals surface area contributed by atoms with E-state index in [0.29, 0.717) is 22.8 Å². The van der Waals surface area contributed by atoms with E-state index in [0.717, 1.165) is 25.7 Å². The van der Waals surface area contributed by atoms with Gasteiger partial charge in [0.1, 0.15) is 4.90 Å². The standard InChI is InChI=1S/C13H24N4O2S/c1-10-13(12(9-14-2)16-15-10)20(18,19)17-11-7-5-3-4-6-8-11/h11,14,17H,3-9H2,1-2H3,(H,15,16). The molecular formula is C13H24N4O2S. The molecule has 1 aromatic heterocycles. The fourth-order valence-corrected chi connectivity index (χ4v) is 4.46. The lowest BCUT2D eigenvalue weighted by atomic mass is 10.1. The van der Waals surface area contributed by atoms with Crippen molar-refractivity contribution in [3.05, 3.63) is 11.4 Å². The van der Waals surface area contributed by atoms with Gasteiger partial charge < -0.3 is 5.32 Å². The van der Waals surface area contributed by atoms with E-state index in [-0.39, 0.29) is 6.04 Å². The third-order valence-electron chi connectivity index (χ3n) is 3.75. The molecule has 1 fully saturated rings. The molecule has 7 heteroatoms. The van der Waals surface area contributed by atoms with Crippen molar-refractivity contribution in [2.24, 2.45) is 0 Å². The summed E-state index contributed by atoms with van der Waals surface area (Å²) >= 11 is 0. The number of nitrogens with one attached hydrogen (secondary N) is 3. The van der Waals surface area contributed by atoms with Crippen molar-refractivity contribution >= 4 is 10.0 Å². The molecule has 1 aromatic rings. The van der Waals surface area contributed by atoms with Crippen LogP contribution in [0.2, 0.25) is 0 Å². The number of aromatic amines is 1. The van der Waals surface area contributed by atoms with Gasteiger partial charge in [0.15, 0.2) is 0 Å². The van der Waals surface area contributed by atoms with E-state index in [4.69, 9.17) is 0 Å². The van der Waals surface area contributed by atoms with Gasteiger partial charge in [-0.1, -0.05) is 25.7 Å². The van der Waals surface area contributed by atoms with Crippen LogP contribution >= 0.6 is 0 Å². The predicted octanol–water partition coefficient (Wildman–Crippen LogP) is 1.44. The average Bonchev–Trinajstić information content (AvgIpc) is 2.60. The number of aromatic nitrogens is 2. The van der Waals surface area contributed by atoms with Gasteiger partial charge in [-0.15, -0.1) is 0 Å². The summed E-state index contributed by atoms with van der Waals surface area (Å²) in [4.78, 5) is 0.302. The highest BCUT2D eigenvalue weighted by Gasteiger charge is 2.27. The van der Waals surface area contributed by atoms with Crippen LogP contribution in [0.15, 0.2) is 4.90 Å². The van der Waals surface area contributed by atoms with Gasteiger partial charge in [-0.25, -0.2) is 13.1 Å². The van der Waals surface area contributed by atoms with Gasteiger partial charge in [0.05, 0.1) is 11.4 Å². The Balaban J connectivity index is 2.19. The smallest absolute Gasteiger partial charge is 0.244 e. The highest BCUT2D eigenvalue weighted by molar-refractivity contribution is 7.89. The van der Waals surface area contributed by atoms with Gasteiger partial charge in [-0.05, 0) is 26.8 Å². The van der Waals surface area contributed by atoms with Crippen LogP contribution in [-0.4, -0.2) is 31.7 Å². The number of hydrogen-bond donors (Lipinski definition) is 3. The molecule has 0 unspecified atom stereocenters. The van der Waals surface area contributed by atoms with Crippen LogP contribution in [0.1, 0.15) is 49.9 Å². The fourth-order valence-electron chi connectivity index (χ4n) is 2.79. The minimum absolute atomic E-state index is 0.0548. The Hall–Kier alpha value is -0.920. The molecular weight excluding hydrogens is 276 g/mol.